The van der Waals surface area contributed by atoms with Crippen molar-refractivity contribution in [1.29, 1.82) is 0 Å². The summed E-state index contributed by atoms with van der Waals surface area (Å²) in [6, 6.07) is 14.7. The smallest absolute Gasteiger partial charge is 0.408 e. The summed E-state index contributed by atoms with van der Waals surface area (Å²) in [5.41, 5.74) is 2.95. The van der Waals surface area contributed by atoms with E-state index < -0.39 is 5.76 Å². The number of aromatic nitrogens is 4. The van der Waals surface area contributed by atoms with Crippen molar-refractivity contribution in [2.45, 2.75) is 19.5 Å². The van der Waals surface area contributed by atoms with Crippen LogP contribution in [0.3, 0.4) is 0 Å². The average molecular weight is 377 g/mol. The fourth-order valence-electron chi connectivity index (χ4n) is 3.10. The largest absolute Gasteiger partial charge is 0.420 e. The molecule has 142 valence electrons. The average Bonchev–Trinajstić information content (AvgIpc) is 3.36. The molecule has 0 bridgehead atoms. The standard InChI is InChI=1S/C20H19N5O3/c1-14(15-7-9-16(10-8-15)25-13-21-12-22-25)23(2)19(26)11-24-17-5-3-4-6-18(17)28-20(24)27/h3-10,12-14H,11H2,1-2H3/t14-/m1/s1. The first kappa shape index (κ1) is 17.7. The molecule has 4 aromatic rings. The third-order valence-electron chi connectivity index (χ3n) is 4.90. The van der Waals surface area contributed by atoms with Gasteiger partial charge in [-0.05, 0) is 36.8 Å². The number of rotatable bonds is 5. The Balaban J connectivity index is 1.51. The van der Waals surface area contributed by atoms with Gasteiger partial charge in [0.1, 0.15) is 19.2 Å². The molecular formula is C20H19N5O3. The summed E-state index contributed by atoms with van der Waals surface area (Å²) in [6.07, 6.45) is 3.10. The lowest BCUT2D eigenvalue weighted by Gasteiger charge is -2.25. The number of oxazole rings is 1. The van der Waals surface area contributed by atoms with E-state index in [-0.39, 0.29) is 18.5 Å². The molecule has 0 radical (unpaired) electrons. The summed E-state index contributed by atoms with van der Waals surface area (Å²) in [5, 5.41) is 4.10. The zero-order valence-corrected chi connectivity index (χ0v) is 15.5. The molecule has 28 heavy (non-hydrogen) atoms. The van der Waals surface area contributed by atoms with Crippen LogP contribution in [0.1, 0.15) is 18.5 Å². The van der Waals surface area contributed by atoms with Crippen LogP contribution in [-0.4, -0.2) is 37.2 Å². The first-order valence-corrected chi connectivity index (χ1v) is 8.83. The molecular weight excluding hydrogens is 358 g/mol. The Morgan fingerprint density at radius 2 is 1.93 bits per heavy atom. The van der Waals surface area contributed by atoms with E-state index in [1.165, 1.54) is 10.9 Å². The maximum atomic E-state index is 12.8. The van der Waals surface area contributed by atoms with Crippen LogP contribution in [-0.2, 0) is 11.3 Å². The predicted molar refractivity (Wildman–Crippen MR) is 103 cm³/mol. The first-order chi connectivity index (χ1) is 13.5. The van der Waals surface area contributed by atoms with Gasteiger partial charge in [-0.3, -0.25) is 9.36 Å². The van der Waals surface area contributed by atoms with Crippen molar-refractivity contribution < 1.29 is 9.21 Å². The van der Waals surface area contributed by atoms with Crippen molar-refractivity contribution in [2.75, 3.05) is 7.05 Å². The minimum absolute atomic E-state index is 0.0757. The van der Waals surface area contributed by atoms with Crippen LogP contribution in [0.4, 0.5) is 0 Å². The van der Waals surface area contributed by atoms with Gasteiger partial charge in [0.2, 0.25) is 5.91 Å². The summed E-state index contributed by atoms with van der Waals surface area (Å²) in [6.45, 7) is 1.87. The monoisotopic (exact) mass is 377 g/mol. The molecule has 1 atom stereocenters. The number of carbonyl (C=O) groups is 1. The molecule has 0 saturated carbocycles. The highest BCUT2D eigenvalue weighted by Crippen LogP contribution is 2.21. The molecule has 0 spiro atoms. The van der Waals surface area contributed by atoms with Crippen molar-refractivity contribution in [3.8, 4) is 5.69 Å². The van der Waals surface area contributed by atoms with Crippen LogP contribution in [0, 0.1) is 0 Å². The van der Waals surface area contributed by atoms with Gasteiger partial charge in [0.25, 0.3) is 0 Å². The maximum absolute atomic E-state index is 12.8. The molecule has 0 unspecified atom stereocenters. The van der Waals surface area contributed by atoms with Gasteiger partial charge in [0.05, 0.1) is 17.2 Å². The van der Waals surface area contributed by atoms with Crippen molar-refractivity contribution in [3.63, 3.8) is 0 Å². The summed E-state index contributed by atoms with van der Waals surface area (Å²) < 4.78 is 8.22. The fraction of sp³-hybridized carbons (Fsp3) is 0.200. The lowest BCUT2D eigenvalue weighted by Crippen LogP contribution is -2.34. The van der Waals surface area contributed by atoms with Gasteiger partial charge < -0.3 is 9.32 Å². The van der Waals surface area contributed by atoms with E-state index in [2.05, 4.69) is 10.1 Å². The van der Waals surface area contributed by atoms with Crippen LogP contribution in [0.25, 0.3) is 16.8 Å². The molecule has 0 aliphatic carbocycles. The quantitative estimate of drug-likeness (QED) is 0.533. The van der Waals surface area contributed by atoms with Crippen molar-refractivity contribution in [3.05, 3.63) is 77.3 Å². The molecule has 2 heterocycles. The van der Waals surface area contributed by atoms with Crippen LogP contribution in [0.5, 0.6) is 0 Å². The molecule has 0 aliphatic rings. The molecule has 0 N–H and O–H groups in total. The number of hydrogen-bond donors (Lipinski definition) is 0. The number of benzene rings is 2. The lowest BCUT2D eigenvalue weighted by atomic mass is 10.1. The fourth-order valence-corrected chi connectivity index (χ4v) is 3.10. The Labute approximate surface area is 160 Å². The van der Waals surface area contributed by atoms with E-state index in [0.29, 0.717) is 11.1 Å². The topological polar surface area (TPSA) is 86.2 Å². The first-order valence-electron chi connectivity index (χ1n) is 8.83. The zero-order valence-electron chi connectivity index (χ0n) is 15.5. The molecule has 8 nitrogen and oxygen atoms in total. The summed E-state index contributed by atoms with van der Waals surface area (Å²) in [7, 11) is 1.73. The minimum Gasteiger partial charge on any atom is -0.408 e. The van der Waals surface area contributed by atoms with Gasteiger partial charge in [-0.2, -0.15) is 5.10 Å². The van der Waals surface area contributed by atoms with Gasteiger partial charge in [-0.1, -0.05) is 24.3 Å². The zero-order chi connectivity index (χ0) is 19.7. The van der Waals surface area contributed by atoms with Crippen molar-refractivity contribution in [1.82, 2.24) is 24.2 Å². The summed E-state index contributed by atoms with van der Waals surface area (Å²) in [5.74, 6) is -0.714. The van der Waals surface area contributed by atoms with Crippen LogP contribution in [0.2, 0.25) is 0 Å². The molecule has 0 fully saturated rings. The molecule has 4 rings (SSSR count). The highest BCUT2D eigenvalue weighted by molar-refractivity contribution is 5.79. The molecule has 8 heteroatoms. The van der Waals surface area contributed by atoms with E-state index in [1.54, 1.807) is 47.2 Å². The molecule has 0 aliphatic heterocycles. The normalized spacial score (nSPS) is 12.2. The lowest BCUT2D eigenvalue weighted by molar-refractivity contribution is -0.132. The third-order valence-corrected chi connectivity index (χ3v) is 4.90. The molecule has 2 aromatic carbocycles. The van der Waals surface area contributed by atoms with Gasteiger partial charge in [0.15, 0.2) is 5.58 Å². The summed E-state index contributed by atoms with van der Waals surface area (Å²) in [4.78, 5) is 30.4. The van der Waals surface area contributed by atoms with Crippen molar-refractivity contribution in [2.24, 2.45) is 0 Å². The van der Waals surface area contributed by atoms with E-state index in [9.17, 15) is 9.59 Å². The number of para-hydroxylation sites is 2. The van der Waals surface area contributed by atoms with E-state index in [4.69, 9.17) is 4.42 Å². The maximum Gasteiger partial charge on any atom is 0.420 e. The third kappa shape index (κ3) is 3.20. The Hall–Kier alpha value is -3.68. The Morgan fingerprint density at radius 1 is 1.18 bits per heavy atom. The van der Waals surface area contributed by atoms with Crippen LogP contribution >= 0.6 is 0 Å². The molecule has 1 amide bonds. The minimum atomic E-state index is -0.534. The van der Waals surface area contributed by atoms with Crippen LogP contribution in [0.15, 0.2) is 70.4 Å². The van der Waals surface area contributed by atoms with Crippen LogP contribution < -0.4 is 5.76 Å². The summed E-state index contributed by atoms with van der Waals surface area (Å²) >= 11 is 0. The molecule has 2 aromatic heterocycles. The predicted octanol–water partition coefficient (Wildman–Crippen LogP) is 2.39. The number of nitrogens with zero attached hydrogens (tertiary/aromatic N) is 5. The molecule has 0 saturated heterocycles. The van der Waals surface area contributed by atoms with Gasteiger partial charge in [0, 0.05) is 7.05 Å². The van der Waals surface area contributed by atoms with E-state index in [0.717, 1.165) is 11.3 Å². The highest BCUT2D eigenvalue weighted by Gasteiger charge is 2.20. The Bertz CT molecular complexity index is 1160. The number of fused-ring (bicyclic) bond motifs is 1. The second-order valence-electron chi connectivity index (χ2n) is 6.53. The van der Waals surface area contributed by atoms with Gasteiger partial charge in [-0.15, -0.1) is 0 Å². The van der Waals surface area contributed by atoms with Crippen molar-refractivity contribution >= 4 is 17.0 Å². The number of carbonyl (C=O) groups excluding carboxylic acids is 1. The van der Waals surface area contributed by atoms with Gasteiger partial charge >= 0.3 is 5.76 Å². The second-order valence-corrected chi connectivity index (χ2v) is 6.53. The number of hydrogen-bond acceptors (Lipinski definition) is 5. The number of likely N-dealkylation sites (N-methyl/N-ethyl adjacent to an activating group) is 1. The highest BCUT2D eigenvalue weighted by atomic mass is 16.4. The van der Waals surface area contributed by atoms with Gasteiger partial charge in [-0.25, -0.2) is 14.5 Å². The SMILES string of the molecule is C[C@H](c1ccc(-n2cncn2)cc1)N(C)C(=O)Cn1c(=O)oc2ccccc21. The Kier molecular flexibility index (Phi) is 4.52. The number of amides is 1. The Morgan fingerprint density at radius 3 is 2.64 bits per heavy atom. The second kappa shape index (κ2) is 7.15. The van der Waals surface area contributed by atoms with E-state index in [1.807, 2.05) is 31.2 Å². The van der Waals surface area contributed by atoms with E-state index >= 15 is 0 Å².